The molecule has 20 heavy (non-hydrogen) atoms. The molecule has 0 saturated heterocycles. The Kier molecular flexibility index (Phi) is 3.35. The molecule has 0 unspecified atom stereocenters. The van der Waals surface area contributed by atoms with E-state index in [9.17, 15) is 5.11 Å². The molecular formula is C16H11ClN2O. The van der Waals surface area contributed by atoms with Crippen molar-refractivity contribution in [3.63, 3.8) is 0 Å². The Bertz CT molecular complexity index is 744. The summed E-state index contributed by atoms with van der Waals surface area (Å²) >= 11 is 6.23. The summed E-state index contributed by atoms with van der Waals surface area (Å²) in [6.07, 6.45) is 1.67. The lowest BCUT2D eigenvalue weighted by atomic mass is 10.1. The van der Waals surface area contributed by atoms with Crippen LogP contribution in [0, 0.1) is 0 Å². The number of para-hydroxylation sites is 1. The lowest BCUT2D eigenvalue weighted by Crippen LogP contribution is -1.92. The van der Waals surface area contributed by atoms with Gasteiger partial charge in [0.25, 0.3) is 0 Å². The third-order valence-electron chi connectivity index (χ3n) is 2.97. The van der Waals surface area contributed by atoms with Crippen molar-refractivity contribution < 1.29 is 5.11 Å². The summed E-state index contributed by atoms with van der Waals surface area (Å²) in [6, 6.07) is 16.6. The second kappa shape index (κ2) is 5.31. The zero-order chi connectivity index (χ0) is 13.9. The first kappa shape index (κ1) is 12.6. The third-order valence-corrected chi connectivity index (χ3v) is 3.26. The van der Waals surface area contributed by atoms with E-state index in [1.807, 2.05) is 36.4 Å². The summed E-state index contributed by atoms with van der Waals surface area (Å²) in [5.74, 6) is 0.545. The molecule has 3 aromatic rings. The molecule has 0 aliphatic heterocycles. The lowest BCUT2D eigenvalue weighted by Gasteiger charge is -2.07. The first-order chi connectivity index (χ1) is 9.75. The highest BCUT2D eigenvalue weighted by atomic mass is 35.5. The monoisotopic (exact) mass is 282 g/mol. The molecule has 0 aliphatic rings. The summed E-state index contributed by atoms with van der Waals surface area (Å²) in [5, 5.41) is 10.2. The quantitative estimate of drug-likeness (QED) is 0.718. The number of phenols is 1. The Labute approximate surface area is 121 Å². The van der Waals surface area contributed by atoms with Gasteiger partial charge in [-0.1, -0.05) is 54.1 Å². The normalized spacial score (nSPS) is 10.4. The van der Waals surface area contributed by atoms with Crippen molar-refractivity contribution in [3.05, 3.63) is 65.9 Å². The van der Waals surface area contributed by atoms with Crippen LogP contribution in [0.15, 0.2) is 60.8 Å². The predicted octanol–water partition coefficient (Wildman–Crippen LogP) is 4.17. The number of halogens is 1. The van der Waals surface area contributed by atoms with Gasteiger partial charge >= 0.3 is 0 Å². The fourth-order valence-electron chi connectivity index (χ4n) is 1.96. The highest BCUT2D eigenvalue weighted by molar-refractivity contribution is 6.32. The maximum Gasteiger partial charge on any atom is 0.164 e. The SMILES string of the molecule is Oc1ccccc1-c1ncc(-c2ccccc2)c(Cl)n1. The van der Waals surface area contributed by atoms with Gasteiger partial charge in [-0.3, -0.25) is 0 Å². The number of aromatic nitrogens is 2. The van der Waals surface area contributed by atoms with Gasteiger partial charge in [-0.25, -0.2) is 9.97 Å². The van der Waals surface area contributed by atoms with Crippen LogP contribution < -0.4 is 0 Å². The molecule has 0 aliphatic carbocycles. The van der Waals surface area contributed by atoms with E-state index < -0.39 is 0 Å². The van der Waals surface area contributed by atoms with Crippen molar-refractivity contribution >= 4 is 11.6 Å². The van der Waals surface area contributed by atoms with Crippen LogP contribution in [0.25, 0.3) is 22.5 Å². The van der Waals surface area contributed by atoms with E-state index in [4.69, 9.17) is 11.6 Å². The minimum absolute atomic E-state index is 0.135. The van der Waals surface area contributed by atoms with Crippen molar-refractivity contribution in [3.8, 4) is 28.3 Å². The summed E-state index contributed by atoms with van der Waals surface area (Å²) < 4.78 is 0. The molecule has 3 rings (SSSR count). The Morgan fingerprint density at radius 2 is 1.55 bits per heavy atom. The molecule has 0 bridgehead atoms. The average molecular weight is 283 g/mol. The molecule has 3 nitrogen and oxygen atoms in total. The van der Waals surface area contributed by atoms with E-state index in [0.717, 1.165) is 11.1 Å². The number of benzene rings is 2. The van der Waals surface area contributed by atoms with Gasteiger partial charge in [0.1, 0.15) is 10.9 Å². The highest BCUT2D eigenvalue weighted by Gasteiger charge is 2.11. The first-order valence-corrected chi connectivity index (χ1v) is 6.50. The zero-order valence-electron chi connectivity index (χ0n) is 10.5. The van der Waals surface area contributed by atoms with Gasteiger partial charge in [0.15, 0.2) is 5.82 Å². The van der Waals surface area contributed by atoms with Crippen LogP contribution in [0.2, 0.25) is 5.15 Å². The number of rotatable bonds is 2. The second-order valence-electron chi connectivity index (χ2n) is 4.28. The van der Waals surface area contributed by atoms with Crippen molar-refractivity contribution in [2.75, 3.05) is 0 Å². The van der Waals surface area contributed by atoms with Crippen LogP contribution >= 0.6 is 11.6 Å². The number of hydrogen-bond acceptors (Lipinski definition) is 3. The topological polar surface area (TPSA) is 46.0 Å². The van der Waals surface area contributed by atoms with Crippen molar-refractivity contribution in [2.45, 2.75) is 0 Å². The van der Waals surface area contributed by atoms with Gasteiger partial charge < -0.3 is 5.11 Å². The van der Waals surface area contributed by atoms with Gasteiger partial charge in [0, 0.05) is 11.8 Å². The van der Waals surface area contributed by atoms with Crippen molar-refractivity contribution in [2.24, 2.45) is 0 Å². The van der Waals surface area contributed by atoms with E-state index in [-0.39, 0.29) is 5.75 Å². The van der Waals surface area contributed by atoms with Gasteiger partial charge in [-0.15, -0.1) is 0 Å². The van der Waals surface area contributed by atoms with E-state index in [0.29, 0.717) is 16.5 Å². The van der Waals surface area contributed by atoms with Gasteiger partial charge in [0.05, 0.1) is 5.56 Å². The average Bonchev–Trinajstić information content (AvgIpc) is 2.48. The minimum atomic E-state index is 0.135. The van der Waals surface area contributed by atoms with E-state index in [2.05, 4.69) is 9.97 Å². The Morgan fingerprint density at radius 3 is 2.25 bits per heavy atom. The summed E-state index contributed by atoms with van der Waals surface area (Å²) in [6.45, 7) is 0. The molecule has 0 amide bonds. The summed E-state index contributed by atoms with van der Waals surface area (Å²) in [7, 11) is 0. The van der Waals surface area contributed by atoms with Gasteiger partial charge in [-0.05, 0) is 17.7 Å². The van der Waals surface area contributed by atoms with Crippen LogP contribution in [0.5, 0.6) is 5.75 Å². The molecule has 0 spiro atoms. The molecule has 98 valence electrons. The number of hydrogen-bond donors (Lipinski definition) is 1. The van der Waals surface area contributed by atoms with Gasteiger partial charge in [-0.2, -0.15) is 0 Å². The minimum Gasteiger partial charge on any atom is -0.507 e. The van der Waals surface area contributed by atoms with Gasteiger partial charge in [0.2, 0.25) is 0 Å². The van der Waals surface area contributed by atoms with E-state index >= 15 is 0 Å². The molecule has 4 heteroatoms. The molecule has 1 heterocycles. The van der Waals surface area contributed by atoms with E-state index in [1.165, 1.54) is 0 Å². The molecule has 0 radical (unpaired) electrons. The van der Waals surface area contributed by atoms with Crippen LogP contribution in [0.1, 0.15) is 0 Å². The van der Waals surface area contributed by atoms with E-state index in [1.54, 1.807) is 24.4 Å². The van der Waals surface area contributed by atoms with Crippen LogP contribution in [0.4, 0.5) is 0 Å². The Hall–Kier alpha value is -2.39. The molecule has 0 saturated carbocycles. The molecule has 0 fully saturated rings. The smallest absolute Gasteiger partial charge is 0.164 e. The number of phenolic OH excluding ortho intramolecular Hbond substituents is 1. The first-order valence-electron chi connectivity index (χ1n) is 6.12. The molecule has 2 aromatic carbocycles. The fourth-order valence-corrected chi connectivity index (χ4v) is 2.20. The fraction of sp³-hybridized carbons (Fsp3) is 0. The predicted molar refractivity (Wildman–Crippen MR) is 79.6 cm³/mol. The van der Waals surface area contributed by atoms with Crippen LogP contribution in [-0.2, 0) is 0 Å². The third kappa shape index (κ3) is 2.36. The standard InChI is InChI=1S/C16H11ClN2O/c17-15-13(11-6-2-1-3-7-11)10-18-16(19-15)12-8-4-5-9-14(12)20/h1-10,20H. The lowest BCUT2D eigenvalue weighted by molar-refractivity contribution is 0.477. The maximum atomic E-state index is 9.82. The summed E-state index contributed by atoms with van der Waals surface area (Å²) in [4.78, 5) is 8.57. The number of nitrogens with zero attached hydrogens (tertiary/aromatic N) is 2. The molecule has 0 atom stereocenters. The van der Waals surface area contributed by atoms with Crippen molar-refractivity contribution in [1.82, 2.24) is 9.97 Å². The van der Waals surface area contributed by atoms with Crippen LogP contribution in [0.3, 0.4) is 0 Å². The Morgan fingerprint density at radius 1 is 0.850 bits per heavy atom. The molecule has 1 aromatic heterocycles. The second-order valence-corrected chi connectivity index (χ2v) is 4.64. The van der Waals surface area contributed by atoms with Crippen LogP contribution in [-0.4, -0.2) is 15.1 Å². The van der Waals surface area contributed by atoms with Crippen molar-refractivity contribution in [1.29, 1.82) is 0 Å². The highest BCUT2D eigenvalue weighted by Crippen LogP contribution is 2.30. The molecule has 1 N–H and O–H groups in total. The Balaban J connectivity index is 2.07. The molecular weight excluding hydrogens is 272 g/mol. The zero-order valence-corrected chi connectivity index (χ0v) is 11.2. The largest absolute Gasteiger partial charge is 0.507 e. The summed E-state index contributed by atoms with van der Waals surface area (Å²) in [5.41, 5.74) is 2.29. The maximum absolute atomic E-state index is 9.82. The number of aromatic hydroxyl groups is 1.